The number of piperidine rings is 1. The molecule has 1 atom stereocenters. The quantitative estimate of drug-likeness (QED) is 0.307. The molecule has 5 heterocycles. The number of amides is 1. The van der Waals surface area contributed by atoms with Crippen molar-refractivity contribution in [2.45, 2.75) is 31.6 Å². The summed E-state index contributed by atoms with van der Waals surface area (Å²) in [6.07, 6.45) is 6.25. The van der Waals surface area contributed by atoms with E-state index >= 15 is 0 Å². The van der Waals surface area contributed by atoms with E-state index < -0.39 is 15.1 Å². The van der Waals surface area contributed by atoms with Crippen molar-refractivity contribution in [3.05, 3.63) is 77.7 Å². The number of ether oxygens (including phenoxy) is 1. The predicted octanol–water partition coefficient (Wildman–Crippen LogP) is 4.02. The Bertz CT molecular complexity index is 1730. The number of morpholine rings is 1. The molecular weight excluding hydrogens is 566 g/mol. The first kappa shape index (κ1) is 29.0. The third-order valence-electron chi connectivity index (χ3n) is 7.88. The second kappa shape index (κ2) is 12.6. The number of likely N-dealkylation sites (tertiary alicyclic amines) is 1. The standard InChI is InChI=1S/C31H35N7O4S/c1-2-16-43(40,41)25-4-3-11-37(20-25)19-22-9-10-32-28(17-22)31(39)35-24-7-5-23(6-8-24)27-18-26-29(36-27)33-21-34-30(26)38-12-14-42-15-13-38/h2,5-10,16-18,21,25H,3-4,11-15,19-20H2,1H3,(H,35,39)(H,33,34,36)/b16-2+. The Labute approximate surface area is 250 Å². The Hall–Kier alpha value is -4.13. The molecule has 2 aliphatic rings. The monoisotopic (exact) mass is 601 g/mol. The molecular formula is C31H35N7O4S. The van der Waals surface area contributed by atoms with E-state index in [9.17, 15) is 13.2 Å². The van der Waals surface area contributed by atoms with Crippen LogP contribution in [0.2, 0.25) is 0 Å². The molecule has 6 rings (SSSR count). The third kappa shape index (κ3) is 6.61. The van der Waals surface area contributed by atoms with Crippen LogP contribution in [0.3, 0.4) is 0 Å². The number of sulfone groups is 1. The lowest BCUT2D eigenvalue weighted by atomic mass is 10.1. The van der Waals surface area contributed by atoms with Crippen LogP contribution in [0.25, 0.3) is 22.3 Å². The van der Waals surface area contributed by atoms with E-state index in [2.05, 4.69) is 41.1 Å². The van der Waals surface area contributed by atoms with Gasteiger partial charge in [0.05, 0.1) is 23.8 Å². The van der Waals surface area contributed by atoms with Crippen LogP contribution >= 0.6 is 0 Å². The van der Waals surface area contributed by atoms with Gasteiger partial charge in [-0.25, -0.2) is 18.4 Å². The van der Waals surface area contributed by atoms with Crippen LogP contribution in [-0.2, 0) is 21.1 Å². The van der Waals surface area contributed by atoms with E-state index in [-0.39, 0.29) is 5.91 Å². The second-order valence-corrected chi connectivity index (χ2v) is 13.0. The summed E-state index contributed by atoms with van der Waals surface area (Å²) in [5.74, 6) is 0.589. The van der Waals surface area contributed by atoms with Crippen molar-refractivity contribution in [1.29, 1.82) is 0 Å². The predicted molar refractivity (Wildman–Crippen MR) is 167 cm³/mol. The first-order chi connectivity index (χ1) is 20.9. The van der Waals surface area contributed by atoms with Gasteiger partial charge in [-0.1, -0.05) is 18.2 Å². The maximum Gasteiger partial charge on any atom is 0.274 e. The van der Waals surface area contributed by atoms with Crippen molar-refractivity contribution < 1.29 is 17.9 Å². The van der Waals surface area contributed by atoms with Gasteiger partial charge >= 0.3 is 0 Å². The van der Waals surface area contributed by atoms with Gasteiger partial charge < -0.3 is 19.9 Å². The van der Waals surface area contributed by atoms with Gasteiger partial charge in [-0.2, -0.15) is 0 Å². The summed E-state index contributed by atoms with van der Waals surface area (Å²) in [6, 6.07) is 13.3. The Balaban J connectivity index is 1.11. The fraction of sp³-hybridized carbons (Fsp3) is 0.355. The summed E-state index contributed by atoms with van der Waals surface area (Å²) in [7, 11) is -3.26. The van der Waals surface area contributed by atoms with E-state index in [1.165, 1.54) is 5.41 Å². The molecule has 0 spiro atoms. The molecule has 3 aromatic heterocycles. The Morgan fingerprint density at radius 2 is 1.91 bits per heavy atom. The van der Waals surface area contributed by atoms with Crippen LogP contribution in [0.4, 0.5) is 11.5 Å². The fourth-order valence-corrected chi connectivity index (χ4v) is 7.23. The summed E-state index contributed by atoms with van der Waals surface area (Å²) < 4.78 is 30.5. The molecule has 1 aromatic carbocycles. The van der Waals surface area contributed by atoms with Gasteiger partial charge in [-0.3, -0.25) is 14.7 Å². The van der Waals surface area contributed by atoms with Gasteiger partial charge in [-0.15, -0.1) is 0 Å². The molecule has 43 heavy (non-hydrogen) atoms. The lowest BCUT2D eigenvalue weighted by molar-refractivity contribution is 0.102. The minimum Gasteiger partial charge on any atom is -0.378 e. The van der Waals surface area contributed by atoms with Crippen LogP contribution in [-0.4, -0.2) is 83.8 Å². The van der Waals surface area contributed by atoms with E-state index in [0.29, 0.717) is 44.1 Å². The zero-order chi connectivity index (χ0) is 29.8. The van der Waals surface area contributed by atoms with Crippen molar-refractivity contribution in [2.24, 2.45) is 0 Å². The lowest BCUT2D eigenvalue weighted by Crippen LogP contribution is -2.41. The smallest absolute Gasteiger partial charge is 0.274 e. The van der Waals surface area contributed by atoms with Crippen molar-refractivity contribution in [1.82, 2.24) is 24.8 Å². The normalized spacial score (nSPS) is 18.3. The van der Waals surface area contributed by atoms with Crippen molar-refractivity contribution in [3.8, 4) is 11.3 Å². The molecule has 2 N–H and O–H groups in total. The third-order valence-corrected chi connectivity index (χ3v) is 9.85. The van der Waals surface area contributed by atoms with Gasteiger partial charge in [0.25, 0.3) is 5.91 Å². The molecule has 0 saturated carbocycles. The van der Waals surface area contributed by atoms with E-state index in [4.69, 9.17) is 4.74 Å². The zero-order valence-electron chi connectivity index (χ0n) is 24.1. The van der Waals surface area contributed by atoms with E-state index in [1.54, 1.807) is 31.6 Å². The molecule has 0 aliphatic carbocycles. The molecule has 1 unspecified atom stereocenters. The molecule has 224 valence electrons. The molecule has 12 heteroatoms. The first-order valence-electron chi connectivity index (χ1n) is 14.5. The number of carbonyl (C=O) groups is 1. The number of rotatable bonds is 8. The number of allylic oxidation sites excluding steroid dienone is 1. The number of benzene rings is 1. The highest BCUT2D eigenvalue weighted by atomic mass is 32.2. The van der Waals surface area contributed by atoms with Crippen LogP contribution in [0, 0.1) is 0 Å². The van der Waals surface area contributed by atoms with Gasteiger partial charge in [0.1, 0.15) is 23.5 Å². The number of H-pyrrole nitrogens is 1. The van der Waals surface area contributed by atoms with Crippen LogP contribution in [0.5, 0.6) is 0 Å². The molecule has 2 saturated heterocycles. The number of nitrogens with one attached hydrogen (secondary N) is 2. The molecule has 0 bridgehead atoms. The Morgan fingerprint density at radius 3 is 2.70 bits per heavy atom. The summed E-state index contributed by atoms with van der Waals surface area (Å²) >= 11 is 0. The fourth-order valence-electron chi connectivity index (χ4n) is 5.72. The molecule has 11 nitrogen and oxygen atoms in total. The first-order valence-corrected chi connectivity index (χ1v) is 16.1. The topological polar surface area (TPSA) is 133 Å². The van der Waals surface area contributed by atoms with Gasteiger partial charge in [0.2, 0.25) is 0 Å². The summed E-state index contributed by atoms with van der Waals surface area (Å²) in [5, 5.41) is 4.79. The largest absolute Gasteiger partial charge is 0.378 e. The van der Waals surface area contributed by atoms with E-state index in [1.807, 2.05) is 30.3 Å². The summed E-state index contributed by atoms with van der Waals surface area (Å²) in [6.45, 7) is 6.50. The highest BCUT2D eigenvalue weighted by Gasteiger charge is 2.29. The highest BCUT2D eigenvalue weighted by Crippen LogP contribution is 2.30. The van der Waals surface area contributed by atoms with Crippen molar-refractivity contribution in [3.63, 3.8) is 0 Å². The zero-order valence-corrected chi connectivity index (χ0v) is 24.9. The average molecular weight is 602 g/mol. The molecule has 1 amide bonds. The number of aromatic nitrogens is 4. The summed E-state index contributed by atoms with van der Waals surface area (Å²) in [5.41, 5.74) is 4.52. The SMILES string of the molecule is C/C=C/S(=O)(=O)C1CCCN(Cc2ccnc(C(=O)Nc3ccc(-c4cc5c(N6CCOCC6)ncnc5[nH]4)cc3)c2)C1. The van der Waals surface area contributed by atoms with Gasteiger partial charge in [0.15, 0.2) is 9.84 Å². The van der Waals surface area contributed by atoms with Gasteiger partial charge in [-0.05, 0) is 67.8 Å². The van der Waals surface area contributed by atoms with Crippen LogP contribution in [0.1, 0.15) is 35.8 Å². The molecule has 0 radical (unpaired) electrons. The number of aromatic amines is 1. The highest BCUT2D eigenvalue weighted by molar-refractivity contribution is 7.94. The number of carbonyl (C=O) groups excluding carboxylic acids is 1. The lowest BCUT2D eigenvalue weighted by Gasteiger charge is -2.31. The van der Waals surface area contributed by atoms with Gasteiger partial charge in [0, 0.05) is 49.2 Å². The van der Waals surface area contributed by atoms with Crippen molar-refractivity contribution >= 4 is 38.3 Å². The number of fused-ring (bicyclic) bond motifs is 1. The number of hydrogen-bond donors (Lipinski definition) is 2. The summed E-state index contributed by atoms with van der Waals surface area (Å²) in [4.78, 5) is 34.0. The molecule has 4 aromatic rings. The van der Waals surface area contributed by atoms with Crippen molar-refractivity contribution in [2.75, 3.05) is 49.6 Å². The Kier molecular flexibility index (Phi) is 8.50. The number of hydrogen-bond acceptors (Lipinski definition) is 9. The number of anilines is 2. The number of pyridine rings is 1. The van der Waals surface area contributed by atoms with Crippen LogP contribution < -0.4 is 10.2 Å². The second-order valence-electron chi connectivity index (χ2n) is 10.9. The molecule has 2 fully saturated rings. The van der Waals surface area contributed by atoms with Crippen LogP contribution in [0.15, 0.2) is 66.5 Å². The van der Waals surface area contributed by atoms with E-state index in [0.717, 1.165) is 59.7 Å². The minimum absolute atomic E-state index is 0.307. The molecule has 2 aliphatic heterocycles. The number of nitrogens with zero attached hydrogens (tertiary/aromatic N) is 5. The minimum atomic E-state index is -3.26. The Morgan fingerprint density at radius 1 is 1.09 bits per heavy atom. The average Bonchev–Trinajstić information content (AvgIpc) is 3.47. The maximum atomic E-state index is 13.1. The maximum absolute atomic E-state index is 13.1.